The minimum atomic E-state index is 0.868. The lowest BCUT2D eigenvalue weighted by molar-refractivity contribution is 1.29. The van der Waals surface area contributed by atoms with Gasteiger partial charge >= 0.3 is 0 Å². The third-order valence-corrected chi connectivity index (χ3v) is 9.72. The predicted molar refractivity (Wildman–Crippen MR) is 213 cm³/mol. The number of rotatable bonds is 4. The van der Waals surface area contributed by atoms with Crippen LogP contribution in [0.1, 0.15) is 39.5 Å². The van der Waals surface area contributed by atoms with Crippen molar-refractivity contribution in [2.45, 2.75) is 20.8 Å². The standard InChI is InChI=1S/C46H35N5/c1-28-6-12-31(13-7-28)43-35-18-20-37(48-35)44(32-14-8-29(2)9-15-32)39-22-24-41(50-39)46(34-5-4-26-47-27-34)42-25-23-40(51-42)45(38-21-19-36(43)49-38)33-16-10-30(3)11-17-33/h4-27,48,51H,1-3H3. The van der Waals surface area contributed by atoms with E-state index in [1.807, 2.05) is 12.3 Å². The van der Waals surface area contributed by atoms with E-state index in [1.165, 1.54) is 16.7 Å². The Kier molecular flexibility index (Phi) is 7.40. The summed E-state index contributed by atoms with van der Waals surface area (Å²) in [4.78, 5) is 22.9. The molecule has 6 heterocycles. The molecule has 0 fully saturated rings. The van der Waals surface area contributed by atoms with Crippen molar-refractivity contribution in [3.8, 4) is 44.5 Å². The van der Waals surface area contributed by atoms with Crippen LogP contribution in [-0.2, 0) is 0 Å². The van der Waals surface area contributed by atoms with Gasteiger partial charge in [0.25, 0.3) is 0 Å². The monoisotopic (exact) mass is 657 g/mol. The molecule has 5 heteroatoms. The molecule has 7 aromatic rings. The predicted octanol–water partition coefficient (Wildman–Crippen LogP) is 11.6. The molecule has 5 nitrogen and oxygen atoms in total. The lowest BCUT2D eigenvalue weighted by atomic mass is 10.0. The molecule has 0 saturated carbocycles. The molecule has 8 bridgehead atoms. The van der Waals surface area contributed by atoms with E-state index in [1.54, 1.807) is 6.20 Å². The number of hydrogen-bond acceptors (Lipinski definition) is 3. The van der Waals surface area contributed by atoms with E-state index in [-0.39, 0.29) is 0 Å². The number of hydrogen-bond donors (Lipinski definition) is 2. The van der Waals surface area contributed by atoms with E-state index in [0.29, 0.717) is 0 Å². The Morgan fingerprint density at radius 3 is 1.02 bits per heavy atom. The van der Waals surface area contributed by atoms with Gasteiger partial charge in [-0.1, -0.05) is 95.6 Å². The largest absolute Gasteiger partial charge is 0.354 e. The molecule has 244 valence electrons. The Labute approximate surface area is 296 Å². The SMILES string of the molecule is Cc1ccc(-c2c3nc(c(-c4ccc(C)cc4)c4ccc([nH]4)c(-c4cccnc4)c4nc(c(-c5ccc(C)cc5)c5ccc2[nH]5)C=C4)C=C3)cc1. The minimum absolute atomic E-state index is 0.868. The number of benzene rings is 3. The van der Waals surface area contributed by atoms with Gasteiger partial charge in [0, 0.05) is 62.3 Å². The molecule has 0 amide bonds. The van der Waals surface area contributed by atoms with Gasteiger partial charge in [0.05, 0.1) is 22.8 Å². The smallest absolute Gasteiger partial charge is 0.0737 e. The van der Waals surface area contributed by atoms with Gasteiger partial charge in [0.15, 0.2) is 0 Å². The van der Waals surface area contributed by atoms with Gasteiger partial charge < -0.3 is 9.97 Å². The van der Waals surface area contributed by atoms with Gasteiger partial charge in [-0.2, -0.15) is 0 Å². The Bertz CT molecular complexity index is 2630. The second-order valence-corrected chi connectivity index (χ2v) is 13.3. The number of fused-ring (bicyclic) bond motifs is 8. The van der Waals surface area contributed by atoms with Gasteiger partial charge in [-0.05, 0) is 92.1 Å². The first-order valence-corrected chi connectivity index (χ1v) is 17.3. The Hall–Kier alpha value is -6.59. The molecule has 2 aliphatic heterocycles. The van der Waals surface area contributed by atoms with Gasteiger partial charge in [-0.25, -0.2) is 9.97 Å². The summed E-state index contributed by atoms with van der Waals surface area (Å²) in [6.07, 6.45) is 12.2. The van der Waals surface area contributed by atoms with E-state index in [4.69, 9.17) is 9.97 Å². The molecule has 2 N–H and O–H groups in total. The topological polar surface area (TPSA) is 70.2 Å². The molecule has 3 aromatic carbocycles. The van der Waals surface area contributed by atoms with Crippen LogP contribution >= 0.6 is 0 Å². The minimum Gasteiger partial charge on any atom is -0.354 e. The zero-order chi connectivity index (χ0) is 34.5. The fraction of sp³-hybridized carbons (Fsp3) is 0.0652. The van der Waals surface area contributed by atoms with E-state index in [2.05, 4.69) is 163 Å². The van der Waals surface area contributed by atoms with E-state index < -0.39 is 0 Å². The van der Waals surface area contributed by atoms with Crippen molar-refractivity contribution in [2.75, 3.05) is 0 Å². The fourth-order valence-electron chi connectivity index (χ4n) is 7.09. The lowest BCUT2D eigenvalue weighted by Gasteiger charge is -2.07. The average molecular weight is 658 g/mol. The van der Waals surface area contributed by atoms with E-state index >= 15 is 0 Å². The van der Waals surface area contributed by atoms with Crippen LogP contribution < -0.4 is 0 Å². The van der Waals surface area contributed by atoms with Crippen LogP contribution in [0.4, 0.5) is 0 Å². The summed E-state index contributed by atoms with van der Waals surface area (Å²) in [5.41, 5.74) is 19.5. The highest BCUT2D eigenvalue weighted by Crippen LogP contribution is 2.38. The van der Waals surface area contributed by atoms with Crippen LogP contribution in [0.15, 0.2) is 122 Å². The quantitative estimate of drug-likeness (QED) is 0.198. The van der Waals surface area contributed by atoms with Crippen LogP contribution in [0, 0.1) is 20.8 Å². The van der Waals surface area contributed by atoms with Crippen LogP contribution in [0.5, 0.6) is 0 Å². The summed E-state index contributed by atoms with van der Waals surface area (Å²) >= 11 is 0. The third kappa shape index (κ3) is 5.59. The van der Waals surface area contributed by atoms with Crippen molar-refractivity contribution in [3.63, 3.8) is 0 Å². The van der Waals surface area contributed by atoms with Gasteiger partial charge in [-0.15, -0.1) is 0 Å². The Morgan fingerprint density at radius 1 is 0.373 bits per heavy atom. The van der Waals surface area contributed by atoms with Crippen LogP contribution in [0.2, 0.25) is 0 Å². The third-order valence-electron chi connectivity index (χ3n) is 9.72. The molecule has 51 heavy (non-hydrogen) atoms. The molecular weight excluding hydrogens is 623 g/mol. The first-order chi connectivity index (χ1) is 25.0. The summed E-state index contributed by atoms with van der Waals surface area (Å²) in [6.45, 7) is 6.35. The maximum Gasteiger partial charge on any atom is 0.0737 e. The normalized spacial score (nSPS) is 12.1. The second-order valence-electron chi connectivity index (χ2n) is 13.3. The number of H-pyrrole nitrogens is 2. The van der Waals surface area contributed by atoms with E-state index in [0.717, 1.165) is 89.4 Å². The fourth-order valence-corrected chi connectivity index (χ4v) is 7.09. The average Bonchev–Trinajstić information content (AvgIpc) is 3.99. The number of nitrogens with zero attached hydrogens (tertiary/aromatic N) is 3. The summed E-state index contributed by atoms with van der Waals surface area (Å²) in [5, 5.41) is 0. The molecule has 0 saturated heterocycles. The lowest BCUT2D eigenvalue weighted by Crippen LogP contribution is -1.90. The summed E-state index contributed by atoms with van der Waals surface area (Å²) in [7, 11) is 0. The summed E-state index contributed by atoms with van der Waals surface area (Å²) < 4.78 is 0. The Balaban J connectivity index is 1.47. The van der Waals surface area contributed by atoms with Crippen molar-refractivity contribution in [2.24, 2.45) is 0 Å². The van der Waals surface area contributed by atoms with Crippen molar-refractivity contribution < 1.29 is 0 Å². The van der Waals surface area contributed by atoms with Crippen LogP contribution in [0.25, 0.3) is 90.9 Å². The number of pyridine rings is 1. The molecular formula is C46H35N5. The summed E-state index contributed by atoms with van der Waals surface area (Å²) in [5.74, 6) is 0. The molecule has 0 atom stereocenters. The number of aromatic amines is 2. The maximum atomic E-state index is 5.39. The van der Waals surface area contributed by atoms with Crippen LogP contribution in [-0.4, -0.2) is 24.9 Å². The molecule has 9 rings (SSSR count). The van der Waals surface area contributed by atoms with Crippen molar-refractivity contribution in [3.05, 3.63) is 161 Å². The molecule has 4 aromatic heterocycles. The highest BCUT2D eigenvalue weighted by atomic mass is 14.8. The molecule has 2 aliphatic rings. The van der Waals surface area contributed by atoms with Crippen molar-refractivity contribution in [1.29, 1.82) is 0 Å². The molecule has 0 aliphatic carbocycles. The van der Waals surface area contributed by atoms with Crippen molar-refractivity contribution >= 4 is 46.4 Å². The van der Waals surface area contributed by atoms with Gasteiger partial charge in [0.2, 0.25) is 0 Å². The van der Waals surface area contributed by atoms with Gasteiger partial charge in [-0.3, -0.25) is 4.98 Å². The zero-order valence-corrected chi connectivity index (χ0v) is 28.7. The van der Waals surface area contributed by atoms with Gasteiger partial charge in [0.1, 0.15) is 0 Å². The first-order valence-electron chi connectivity index (χ1n) is 17.3. The van der Waals surface area contributed by atoms with E-state index in [9.17, 15) is 0 Å². The summed E-state index contributed by atoms with van der Waals surface area (Å²) in [6, 6.07) is 38.7. The number of aryl methyl sites for hydroxylation is 3. The molecule has 0 spiro atoms. The second kappa shape index (κ2) is 12.4. The molecule has 0 radical (unpaired) electrons. The zero-order valence-electron chi connectivity index (χ0n) is 28.7. The number of aromatic nitrogens is 5. The van der Waals surface area contributed by atoms with Crippen LogP contribution in [0.3, 0.4) is 0 Å². The first kappa shape index (κ1) is 30.5. The Morgan fingerprint density at radius 2 is 0.706 bits per heavy atom. The number of nitrogens with one attached hydrogen (secondary N) is 2. The highest BCUT2D eigenvalue weighted by Gasteiger charge is 2.19. The highest BCUT2D eigenvalue weighted by molar-refractivity contribution is 5.99. The van der Waals surface area contributed by atoms with Crippen molar-refractivity contribution in [1.82, 2.24) is 24.9 Å². The molecule has 0 unspecified atom stereocenters. The maximum absolute atomic E-state index is 5.39.